The second kappa shape index (κ2) is 6.83. The third-order valence-corrected chi connectivity index (χ3v) is 3.02. The van der Waals surface area contributed by atoms with E-state index in [0.29, 0.717) is 21.9 Å². The van der Waals surface area contributed by atoms with Gasteiger partial charge in [0, 0.05) is 15.8 Å². The molecule has 6 heteroatoms. The molecule has 0 atom stereocenters. The second-order valence-electron chi connectivity index (χ2n) is 4.47. The van der Waals surface area contributed by atoms with Crippen molar-refractivity contribution in [2.45, 2.75) is 6.92 Å². The average Bonchev–Trinajstić information content (AvgIpc) is 2.47. The van der Waals surface area contributed by atoms with Gasteiger partial charge in [0.2, 0.25) is 12.4 Å². The molecule has 0 aliphatic carbocycles. The van der Waals surface area contributed by atoms with E-state index in [1.54, 1.807) is 24.3 Å². The van der Waals surface area contributed by atoms with E-state index in [1.165, 1.54) is 12.4 Å². The molecule has 2 rings (SSSR count). The summed E-state index contributed by atoms with van der Waals surface area (Å²) in [6.45, 7) is 1.28. The molecule has 0 amide bonds. The predicted molar refractivity (Wildman–Crippen MR) is 76.5 cm³/mol. The third-order valence-electron chi connectivity index (χ3n) is 2.78. The molecule has 1 N–H and O–H groups in total. The second-order valence-corrected chi connectivity index (χ2v) is 4.91. The van der Waals surface area contributed by atoms with E-state index in [1.807, 2.05) is 6.92 Å². The molecule has 0 radical (unpaired) electrons. The first-order valence-electron chi connectivity index (χ1n) is 6.31. The van der Waals surface area contributed by atoms with Gasteiger partial charge in [-0.1, -0.05) is 23.4 Å². The molecule has 112 valence electrons. The molecule has 1 aromatic heterocycles. The van der Waals surface area contributed by atoms with Crippen molar-refractivity contribution in [2.24, 2.45) is 0 Å². The van der Waals surface area contributed by atoms with Crippen molar-refractivity contribution < 1.29 is 24.6 Å². The Labute approximate surface area is 132 Å². The SMILES string of the molecule is Cc1cc[n+](O)cc1C#Cc1cc(Cl)ccc1OCC(=O)[O-]. The molecule has 1 heterocycles. The molecule has 0 unspecified atom stereocenters. The van der Waals surface area contributed by atoms with Gasteiger partial charge >= 0.3 is 0 Å². The van der Waals surface area contributed by atoms with Crippen molar-refractivity contribution in [3.05, 3.63) is 58.4 Å². The van der Waals surface area contributed by atoms with Gasteiger partial charge in [-0.05, 0) is 30.7 Å². The zero-order valence-electron chi connectivity index (χ0n) is 11.7. The molecular formula is C16H12ClNO4. The van der Waals surface area contributed by atoms with Crippen LogP contribution in [0.3, 0.4) is 0 Å². The fraction of sp³-hybridized carbons (Fsp3) is 0.125. The molecular weight excluding hydrogens is 306 g/mol. The van der Waals surface area contributed by atoms with Crippen molar-refractivity contribution >= 4 is 17.6 Å². The number of carboxylic acids is 1. The van der Waals surface area contributed by atoms with Crippen molar-refractivity contribution in [2.75, 3.05) is 6.61 Å². The highest BCUT2D eigenvalue weighted by atomic mass is 35.5. The number of carboxylic acid groups (broad SMARTS) is 1. The Hall–Kier alpha value is -2.71. The molecule has 0 bridgehead atoms. The van der Waals surface area contributed by atoms with Crippen LogP contribution in [-0.4, -0.2) is 17.8 Å². The first kappa shape index (κ1) is 15.7. The van der Waals surface area contributed by atoms with Crippen LogP contribution in [0.5, 0.6) is 5.75 Å². The lowest BCUT2D eigenvalue weighted by Gasteiger charge is -2.08. The maximum atomic E-state index is 10.5. The highest BCUT2D eigenvalue weighted by Gasteiger charge is 2.05. The number of hydrogen-bond acceptors (Lipinski definition) is 4. The van der Waals surface area contributed by atoms with Crippen LogP contribution in [0.4, 0.5) is 0 Å². The number of halogens is 1. The summed E-state index contributed by atoms with van der Waals surface area (Å²) in [5, 5.41) is 20.3. The molecule has 2 aromatic rings. The quantitative estimate of drug-likeness (QED) is 0.514. The maximum absolute atomic E-state index is 10.5. The standard InChI is InChI=1S/C16H12ClNO4/c1-11-6-7-18(21)9-13(11)3-2-12-8-14(17)4-5-15(12)22-10-16(19)20/h4-9H,10H2,1H3,(H-,19,20,21). The largest absolute Gasteiger partial charge is 0.546 e. The Morgan fingerprint density at radius 3 is 2.82 bits per heavy atom. The molecule has 1 aromatic carbocycles. The van der Waals surface area contributed by atoms with Crippen molar-refractivity contribution in [3.63, 3.8) is 0 Å². The van der Waals surface area contributed by atoms with E-state index in [-0.39, 0.29) is 0 Å². The summed E-state index contributed by atoms with van der Waals surface area (Å²) in [4.78, 5) is 10.5. The third kappa shape index (κ3) is 4.14. The zero-order chi connectivity index (χ0) is 16.1. The number of aromatic nitrogens is 1. The van der Waals surface area contributed by atoms with Gasteiger partial charge in [-0.3, -0.25) is 5.21 Å². The van der Waals surface area contributed by atoms with Gasteiger partial charge in [0.15, 0.2) is 0 Å². The lowest BCUT2D eigenvalue weighted by Crippen LogP contribution is -2.29. The number of rotatable bonds is 3. The number of carbonyl (C=O) groups is 1. The van der Waals surface area contributed by atoms with Crippen LogP contribution in [0, 0.1) is 18.8 Å². The highest BCUT2D eigenvalue weighted by Crippen LogP contribution is 2.22. The summed E-state index contributed by atoms with van der Waals surface area (Å²) >= 11 is 5.92. The van der Waals surface area contributed by atoms with Crippen LogP contribution < -0.4 is 14.6 Å². The smallest absolute Gasteiger partial charge is 0.238 e. The van der Waals surface area contributed by atoms with E-state index >= 15 is 0 Å². The van der Waals surface area contributed by atoms with Gasteiger partial charge in [0.25, 0.3) is 0 Å². The number of benzene rings is 1. The Morgan fingerprint density at radius 2 is 2.09 bits per heavy atom. The Balaban J connectivity index is 2.36. The minimum Gasteiger partial charge on any atom is -0.546 e. The minimum absolute atomic E-state index is 0.298. The lowest BCUT2D eigenvalue weighted by molar-refractivity contribution is -0.905. The zero-order valence-corrected chi connectivity index (χ0v) is 12.4. The number of carbonyl (C=O) groups excluding carboxylic acids is 1. The first-order valence-corrected chi connectivity index (χ1v) is 6.69. The minimum atomic E-state index is -1.32. The number of aryl methyl sites for hydroxylation is 1. The average molecular weight is 318 g/mol. The maximum Gasteiger partial charge on any atom is 0.238 e. The van der Waals surface area contributed by atoms with Gasteiger partial charge in [-0.25, -0.2) is 0 Å². The Bertz CT molecular complexity index is 777. The van der Waals surface area contributed by atoms with Gasteiger partial charge < -0.3 is 14.6 Å². The summed E-state index contributed by atoms with van der Waals surface area (Å²) in [6.07, 6.45) is 2.96. The molecule has 22 heavy (non-hydrogen) atoms. The van der Waals surface area contributed by atoms with Gasteiger partial charge in [-0.15, -0.1) is 0 Å². The van der Waals surface area contributed by atoms with Crippen LogP contribution in [0.1, 0.15) is 16.7 Å². The molecule has 0 fully saturated rings. The van der Waals surface area contributed by atoms with Gasteiger partial charge in [0.05, 0.1) is 17.1 Å². The molecule has 5 nitrogen and oxygen atoms in total. The fourth-order valence-corrected chi connectivity index (χ4v) is 1.86. The summed E-state index contributed by atoms with van der Waals surface area (Å²) < 4.78 is 6.02. The van der Waals surface area contributed by atoms with E-state index in [0.717, 1.165) is 10.3 Å². The molecule has 0 spiro atoms. The van der Waals surface area contributed by atoms with E-state index < -0.39 is 12.6 Å². The monoisotopic (exact) mass is 317 g/mol. The molecule has 0 aliphatic rings. The Kier molecular flexibility index (Phi) is 4.87. The van der Waals surface area contributed by atoms with Crippen LogP contribution in [0.25, 0.3) is 0 Å². The normalized spacial score (nSPS) is 9.73. The van der Waals surface area contributed by atoms with E-state index in [4.69, 9.17) is 16.3 Å². The van der Waals surface area contributed by atoms with Crippen LogP contribution in [-0.2, 0) is 4.79 Å². The predicted octanol–water partition coefficient (Wildman–Crippen LogP) is 0.702. The topological polar surface area (TPSA) is 73.5 Å². The van der Waals surface area contributed by atoms with E-state index in [2.05, 4.69) is 11.8 Å². The first-order chi connectivity index (χ1) is 10.5. The number of ether oxygens (including phenoxy) is 1. The number of nitrogens with zero attached hydrogens (tertiary/aromatic N) is 1. The van der Waals surface area contributed by atoms with Gasteiger partial charge in [-0.2, -0.15) is 0 Å². The Morgan fingerprint density at radius 1 is 1.36 bits per heavy atom. The van der Waals surface area contributed by atoms with Crippen LogP contribution in [0.15, 0.2) is 36.7 Å². The summed E-state index contributed by atoms with van der Waals surface area (Å²) in [5.41, 5.74) is 1.95. The lowest BCUT2D eigenvalue weighted by atomic mass is 10.1. The molecule has 0 aliphatic heterocycles. The highest BCUT2D eigenvalue weighted by molar-refractivity contribution is 6.30. The summed E-state index contributed by atoms with van der Waals surface area (Å²) in [6, 6.07) is 6.41. The van der Waals surface area contributed by atoms with Crippen LogP contribution >= 0.6 is 11.6 Å². The molecule has 0 saturated heterocycles. The van der Waals surface area contributed by atoms with Crippen molar-refractivity contribution in [1.82, 2.24) is 0 Å². The summed E-state index contributed by atoms with van der Waals surface area (Å²) in [7, 11) is 0. The fourth-order valence-electron chi connectivity index (χ4n) is 1.68. The van der Waals surface area contributed by atoms with Crippen molar-refractivity contribution in [1.29, 1.82) is 0 Å². The van der Waals surface area contributed by atoms with E-state index in [9.17, 15) is 15.1 Å². The number of pyridine rings is 1. The summed E-state index contributed by atoms with van der Waals surface area (Å²) in [5.74, 6) is 4.73. The molecule has 0 saturated carbocycles. The van der Waals surface area contributed by atoms with Gasteiger partial charge in [0.1, 0.15) is 12.4 Å². The number of hydrogen-bond donors (Lipinski definition) is 1. The van der Waals surface area contributed by atoms with Crippen LogP contribution in [0.2, 0.25) is 5.02 Å². The van der Waals surface area contributed by atoms with Crippen molar-refractivity contribution in [3.8, 4) is 17.6 Å². The number of aliphatic carboxylic acids is 1.